The quantitative estimate of drug-likeness (QED) is 0.838. The topological polar surface area (TPSA) is 53.7 Å². The standard InChI is InChI=1S/C14H21NO3/c1-10-3-6-12(18-10)7-8-14(17)15(2)9-13(16)11-4-5-11/h3,6,11,13,16H,4-5,7-9H2,1-2H3. The van der Waals surface area contributed by atoms with Gasteiger partial charge in [-0.05, 0) is 37.8 Å². The summed E-state index contributed by atoms with van der Waals surface area (Å²) < 4.78 is 5.42. The number of carbonyl (C=O) groups excluding carboxylic acids is 1. The maximum absolute atomic E-state index is 11.9. The summed E-state index contributed by atoms with van der Waals surface area (Å²) in [6, 6.07) is 3.81. The van der Waals surface area contributed by atoms with Crippen LogP contribution in [0.1, 0.15) is 30.8 Å². The molecule has 0 aliphatic heterocycles. The predicted octanol–water partition coefficient (Wildman–Crippen LogP) is 1.75. The monoisotopic (exact) mass is 251 g/mol. The number of rotatable bonds is 6. The van der Waals surface area contributed by atoms with Gasteiger partial charge < -0.3 is 14.4 Å². The summed E-state index contributed by atoms with van der Waals surface area (Å²) >= 11 is 0. The smallest absolute Gasteiger partial charge is 0.222 e. The molecule has 0 radical (unpaired) electrons. The molecule has 1 fully saturated rings. The lowest BCUT2D eigenvalue weighted by molar-refractivity contribution is -0.131. The molecule has 0 saturated heterocycles. The Labute approximate surface area is 108 Å². The van der Waals surface area contributed by atoms with Crippen molar-refractivity contribution < 1.29 is 14.3 Å². The second-order valence-corrected chi connectivity index (χ2v) is 5.19. The van der Waals surface area contributed by atoms with E-state index in [1.807, 2.05) is 19.1 Å². The van der Waals surface area contributed by atoms with Crippen LogP contribution in [0.3, 0.4) is 0 Å². The summed E-state index contributed by atoms with van der Waals surface area (Å²) in [4.78, 5) is 13.5. The van der Waals surface area contributed by atoms with Crippen LogP contribution in [-0.4, -0.2) is 35.6 Å². The van der Waals surface area contributed by atoms with Crippen molar-refractivity contribution >= 4 is 5.91 Å². The summed E-state index contributed by atoms with van der Waals surface area (Å²) in [5.74, 6) is 2.18. The largest absolute Gasteiger partial charge is 0.466 e. The molecular formula is C14H21NO3. The molecule has 1 N–H and O–H groups in total. The highest BCUT2D eigenvalue weighted by molar-refractivity contribution is 5.76. The summed E-state index contributed by atoms with van der Waals surface area (Å²) in [5, 5.41) is 9.78. The van der Waals surface area contributed by atoms with Gasteiger partial charge in [-0.2, -0.15) is 0 Å². The molecule has 4 heteroatoms. The van der Waals surface area contributed by atoms with Crippen LogP contribution in [0.5, 0.6) is 0 Å². The molecule has 1 heterocycles. The maximum atomic E-state index is 11.9. The van der Waals surface area contributed by atoms with E-state index in [0.717, 1.165) is 24.4 Å². The third kappa shape index (κ3) is 3.60. The third-order valence-electron chi connectivity index (χ3n) is 3.43. The molecule has 4 nitrogen and oxygen atoms in total. The zero-order valence-corrected chi connectivity index (χ0v) is 11.1. The minimum absolute atomic E-state index is 0.0590. The SMILES string of the molecule is Cc1ccc(CCC(=O)N(C)CC(O)C2CC2)o1. The van der Waals surface area contributed by atoms with E-state index in [2.05, 4.69) is 0 Å². The molecule has 1 aliphatic carbocycles. The van der Waals surface area contributed by atoms with E-state index in [9.17, 15) is 9.90 Å². The molecule has 18 heavy (non-hydrogen) atoms. The van der Waals surface area contributed by atoms with Crippen molar-refractivity contribution in [2.75, 3.05) is 13.6 Å². The van der Waals surface area contributed by atoms with Gasteiger partial charge in [-0.15, -0.1) is 0 Å². The van der Waals surface area contributed by atoms with Crippen LogP contribution < -0.4 is 0 Å². The molecule has 1 aromatic rings. The van der Waals surface area contributed by atoms with Gasteiger partial charge >= 0.3 is 0 Å². The highest BCUT2D eigenvalue weighted by Gasteiger charge is 2.31. The third-order valence-corrected chi connectivity index (χ3v) is 3.43. The van der Waals surface area contributed by atoms with Gasteiger partial charge in [0, 0.05) is 26.4 Å². The Bertz CT molecular complexity index is 409. The number of carbonyl (C=O) groups is 1. The number of nitrogens with zero attached hydrogens (tertiary/aromatic N) is 1. The molecule has 0 spiro atoms. The van der Waals surface area contributed by atoms with Crippen molar-refractivity contribution in [2.24, 2.45) is 5.92 Å². The van der Waals surface area contributed by atoms with Gasteiger partial charge in [-0.1, -0.05) is 0 Å². The Balaban J connectivity index is 1.73. The van der Waals surface area contributed by atoms with Crippen LogP contribution in [0.25, 0.3) is 0 Å². The number of amides is 1. The summed E-state index contributed by atoms with van der Waals surface area (Å²) in [6.45, 7) is 2.34. The maximum Gasteiger partial charge on any atom is 0.222 e. The van der Waals surface area contributed by atoms with Gasteiger partial charge in [0.1, 0.15) is 11.5 Å². The Morgan fingerprint density at radius 1 is 1.56 bits per heavy atom. The van der Waals surface area contributed by atoms with Crippen molar-refractivity contribution in [1.29, 1.82) is 0 Å². The van der Waals surface area contributed by atoms with E-state index in [4.69, 9.17) is 4.42 Å². The molecule has 1 aliphatic rings. The minimum Gasteiger partial charge on any atom is -0.466 e. The van der Waals surface area contributed by atoms with Gasteiger partial charge in [0.25, 0.3) is 0 Å². The van der Waals surface area contributed by atoms with Crippen molar-refractivity contribution in [3.8, 4) is 0 Å². The molecule has 1 saturated carbocycles. The first-order chi connectivity index (χ1) is 8.56. The van der Waals surface area contributed by atoms with Crippen molar-refractivity contribution in [1.82, 2.24) is 4.90 Å². The normalized spacial score (nSPS) is 16.6. The lowest BCUT2D eigenvalue weighted by atomic mass is 10.2. The second kappa shape index (κ2) is 5.57. The number of furan rings is 1. The Hall–Kier alpha value is -1.29. The Morgan fingerprint density at radius 2 is 2.28 bits per heavy atom. The number of aryl methyl sites for hydroxylation is 2. The lowest BCUT2D eigenvalue weighted by Gasteiger charge is -2.20. The van der Waals surface area contributed by atoms with E-state index in [0.29, 0.717) is 25.3 Å². The molecule has 2 rings (SSSR count). The fraction of sp³-hybridized carbons (Fsp3) is 0.643. The molecule has 0 aromatic carbocycles. The van der Waals surface area contributed by atoms with Crippen LogP contribution in [-0.2, 0) is 11.2 Å². The van der Waals surface area contributed by atoms with Gasteiger partial charge in [-0.25, -0.2) is 0 Å². The van der Waals surface area contributed by atoms with E-state index in [-0.39, 0.29) is 12.0 Å². The number of hydrogen-bond donors (Lipinski definition) is 1. The zero-order valence-electron chi connectivity index (χ0n) is 11.1. The van der Waals surface area contributed by atoms with Crippen molar-refractivity contribution in [2.45, 2.75) is 38.7 Å². The molecule has 1 atom stereocenters. The Morgan fingerprint density at radius 3 is 2.83 bits per heavy atom. The molecule has 1 unspecified atom stereocenters. The van der Waals surface area contributed by atoms with E-state index >= 15 is 0 Å². The average molecular weight is 251 g/mol. The van der Waals surface area contributed by atoms with Gasteiger partial charge in [0.2, 0.25) is 5.91 Å². The van der Waals surface area contributed by atoms with Crippen molar-refractivity contribution in [3.63, 3.8) is 0 Å². The van der Waals surface area contributed by atoms with Gasteiger partial charge in [0.05, 0.1) is 6.10 Å². The van der Waals surface area contributed by atoms with Crippen LogP contribution >= 0.6 is 0 Å². The predicted molar refractivity (Wildman–Crippen MR) is 68.1 cm³/mol. The fourth-order valence-corrected chi connectivity index (χ4v) is 2.05. The molecule has 1 aromatic heterocycles. The summed E-state index contributed by atoms with van der Waals surface area (Å²) in [5.41, 5.74) is 0. The molecule has 0 bridgehead atoms. The van der Waals surface area contributed by atoms with Crippen LogP contribution in [0.15, 0.2) is 16.5 Å². The lowest BCUT2D eigenvalue weighted by Crippen LogP contribution is -2.35. The van der Waals surface area contributed by atoms with Crippen LogP contribution in [0, 0.1) is 12.8 Å². The van der Waals surface area contributed by atoms with Gasteiger partial charge in [0.15, 0.2) is 0 Å². The van der Waals surface area contributed by atoms with E-state index in [1.165, 1.54) is 0 Å². The molecule has 100 valence electrons. The molecular weight excluding hydrogens is 230 g/mol. The fourth-order valence-electron chi connectivity index (χ4n) is 2.05. The highest BCUT2D eigenvalue weighted by Crippen LogP contribution is 2.32. The number of hydrogen-bond acceptors (Lipinski definition) is 3. The van der Waals surface area contributed by atoms with Crippen molar-refractivity contribution in [3.05, 3.63) is 23.7 Å². The first kappa shape index (κ1) is 13.1. The zero-order chi connectivity index (χ0) is 13.1. The number of aliphatic hydroxyl groups excluding tert-OH is 1. The van der Waals surface area contributed by atoms with Gasteiger partial charge in [-0.3, -0.25) is 4.79 Å². The number of likely N-dealkylation sites (N-methyl/N-ethyl adjacent to an activating group) is 1. The van der Waals surface area contributed by atoms with E-state index in [1.54, 1.807) is 11.9 Å². The van der Waals surface area contributed by atoms with Crippen LogP contribution in [0.2, 0.25) is 0 Å². The summed E-state index contributed by atoms with van der Waals surface area (Å²) in [6.07, 6.45) is 2.88. The summed E-state index contributed by atoms with van der Waals surface area (Å²) in [7, 11) is 1.75. The first-order valence-electron chi connectivity index (χ1n) is 6.53. The van der Waals surface area contributed by atoms with E-state index < -0.39 is 0 Å². The first-order valence-corrected chi connectivity index (χ1v) is 6.53. The molecule has 1 amide bonds. The van der Waals surface area contributed by atoms with Crippen LogP contribution in [0.4, 0.5) is 0 Å². The minimum atomic E-state index is -0.357. The highest BCUT2D eigenvalue weighted by atomic mass is 16.3. The number of aliphatic hydroxyl groups is 1. The average Bonchev–Trinajstić information content (AvgIpc) is 3.10. The second-order valence-electron chi connectivity index (χ2n) is 5.19. The Kier molecular flexibility index (Phi) is 4.07.